The second kappa shape index (κ2) is 9.81. The van der Waals surface area contributed by atoms with Crippen LogP contribution < -0.4 is 5.73 Å². The van der Waals surface area contributed by atoms with Gasteiger partial charge in [0.15, 0.2) is 11.4 Å². The summed E-state index contributed by atoms with van der Waals surface area (Å²) >= 11 is 0. The van der Waals surface area contributed by atoms with Gasteiger partial charge in [-0.25, -0.2) is 9.67 Å². The molecule has 7 nitrogen and oxygen atoms in total. The first kappa shape index (κ1) is 24.2. The molecule has 4 heterocycles. The van der Waals surface area contributed by atoms with Gasteiger partial charge < -0.3 is 15.1 Å². The zero-order chi connectivity index (χ0) is 19.8. The van der Waals surface area contributed by atoms with Crippen LogP contribution in [0.25, 0.3) is 22.5 Å². The Morgan fingerprint density at radius 1 is 1.23 bits per heavy atom. The van der Waals surface area contributed by atoms with Crippen molar-refractivity contribution in [3.05, 3.63) is 36.2 Å². The van der Waals surface area contributed by atoms with Crippen molar-refractivity contribution in [2.24, 2.45) is 11.7 Å². The monoisotopic (exact) mass is 453 g/mol. The SMILES string of the molecule is CC(N)C1CCN(C(=O)c2cc(-c3ccco3)nc3c2cnn3C(C)C)CC1.Cl.Cl. The number of amides is 1. The van der Waals surface area contributed by atoms with Gasteiger partial charge >= 0.3 is 0 Å². The van der Waals surface area contributed by atoms with Crippen LogP contribution in [0.15, 0.2) is 35.1 Å². The lowest BCUT2D eigenvalue weighted by Gasteiger charge is -2.33. The summed E-state index contributed by atoms with van der Waals surface area (Å²) in [6.07, 6.45) is 5.24. The van der Waals surface area contributed by atoms with Crippen LogP contribution in [0.1, 0.15) is 50.0 Å². The molecule has 1 atom stereocenters. The highest BCUT2D eigenvalue weighted by Gasteiger charge is 2.28. The van der Waals surface area contributed by atoms with Gasteiger partial charge in [0, 0.05) is 25.2 Å². The molecule has 3 aromatic rings. The molecule has 0 aromatic carbocycles. The third-order valence-electron chi connectivity index (χ3n) is 5.63. The van der Waals surface area contributed by atoms with E-state index in [0.29, 0.717) is 28.6 Å². The smallest absolute Gasteiger partial charge is 0.254 e. The van der Waals surface area contributed by atoms with E-state index in [4.69, 9.17) is 15.1 Å². The van der Waals surface area contributed by atoms with Crippen molar-refractivity contribution in [3.63, 3.8) is 0 Å². The first-order valence-corrected chi connectivity index (χ1v) is 9.92. The van der Waals surface area contributed by atoms with Crippen molar-refractivity contribution in [1.29, 1.82) is 0 Å². The fourth-order valence-electron chi connectivity index (χ4n) is 3.92. The number of carbonyl (C=O) groups is 1. The highest BCUT2D eigenvalue weighted by molar-refractivity contribution is 6.06. The van der Waals surface area contributed by atoms with Crippen LogP contribution in [-0.2, 0) is 0 Å². The fourth-order valence-corrected chi connectivity index (χ4v) is 3.92. The molecule has 9 heteroatoms. The lowest BCUT2D eigenvalue weighted by atomic mass is 9.90. The molecule has 164 valence electrons. The third-order valence-corrected chi connectivity index (χ3v) is 5.63. The van der Waals surface area contributed by atoms with Crippen molar-refractivity contribution in [2.45, 2.75) is 45.7 Å². The molecule has 1 unspecified atom stereocenters. The highest BCUT2D eigenvalue weighted by Crippen LogP contribution is 2.29. The Balaban J connectivity index is 0.00000160. The molecule has 1 saturated heterocycles. The van der Waals surface area contributed by atoms with Gasteiger partial charge in [0.05, 0.1) is 23.4 Å². The molecule has 0 saturated carbocycles. The molecule has 30 heavy (non-hydrogen) atoms. The van der Waals surface area contributed by atoms with Gasteiger partial charge in [-0.3, -0.25) is 4.79 Å². The number of fused-ring (bicyclic) bond motifs is 1. The fraction of sp³-hybridized carbons (Fsp3) is 0.476. The first-order valence-electron chi connectivity index (χ1n) is 9.92. The van der Waals surface area contributed by atoms with Gasteiger partial charge in [-0.2, -0.15) is 5.10 Å². The van der Waals surface area contributed by atoms with E-state index in [1.54, 1.807) is 12.5 Å². The molecular formula is C21H29Cl2N5O2. The summed E-state index contributed by atoms with van der Waals surface area (Å²) in [4.78, 5) is 20.1. The minimum Gasteiger partial charge on any atom is -0.463 e. The zero-order valence-corrected chi connectivity index (χ0v) is 19.1. The minimum absolute atomic E-state index is 0. The summed E-state index contributed by atoms with van der Waals surface area (Å²) in [5.74, 6) is 1.14. The Kier molecular flexibility index (Phi) is 7.91. The van der Waals surface area contributed by atoms with E-state index in [-0.39, 0.29) is 42.8 Å². The molecule has 0 aliphatic carbocycles. The number of furan rings is 1. The molecule has 1 aliphatic heterocycles. The molecule has 0 spiro atoms. The summed E-state index contributed by atoms with van der Waals surface area (Å²) < 4.78 is 7.38. The molecule has 1 aliphatic rings. The minimum atomic E-state index is 0. The molecule has 4 rings (SSSR count). The first-order chi connectivity index (χ1) is 13.5. The number of carbonyl (C=O) groups excluding carboxylic acids is 1. The number of pyridine rings is 1. The Bertz CT molecular complexity index is 977. The Morgan fingerprint density at radius 3 is 2.50 bits per heavy atom. The summed E-state index contributed by atoms with van der Waals surface area (Å²) in [5.41, 5.74) is 8.03. The van der Waals surface area contributed by atoms with Crippen molar-refractivity contribution in [2.75, 3.05) is 13.1 Å². The normalized spacial score (nSPS) is 15.7. The third kappa shape index (κ3) is 4.48. The topological polar surface area (TPSA) is 90.2 Å². The number of piperidine rings is 1. The van der Waals surface area contributed by atoms with Crippen molar-refractivity contribution in [3.8, 4) is 11.5 Å². The lowest BCUT2D eigenvalue weighted by Crippen LogP contribution is -2.42. The number of hydrogen-bond acceptors (Lipinski definition) is 5. The maximum absolute atomic E-state index is 13.4. The number of nitrogens with zero attached hydrogens (tertiary/aromatic N) is 4. The van der Waals surface area contributed by atoms with Crippen LogP contribution in [-0.4, -0.2) is 44.7 Å². The largest absolute Gasteiger partial charge is 0.463 e. The molecule has 3 aromatic heterocycles. The van der Waals surface area contributed by atoms with Crippen molar-refractivity contribution >= 4 is 41.8 Å². The summed E-state index contributed by atoms with van der Waals surface area (Å²) in [6, 6.07) is 5.81. The molecule has 2 N–H and O–H groups in total. The van der Waals surface area contributed by atoms with Gasteiger partial charge in [0.1, 0.15) is 5.69 Å². The standard InChI is InChI=1S/C21H27N5O2.2ClH/c1-13(2)26-20-17(12-23-26)16(11-18(24-20)19-5-4-10-28-19)21(27)25-8-6-15(7-9-25)14(3)22;;/h4-5,10-15H,6-9,22H2,1-3H3;2*1H. The van der Waals surface area contributed by atoms with Crippen molar-refractivity contribution in [1.82, 2.24) is 19.7 Å². The van der Waals surface area contributed by atoms with Crippen LogP contribution in [0.5, 0.6) is 0 Å². The number of hydrogen-bond donors (Lipinski definition) is 1. The van der Waals surface area contributed by atoms with E-state index in [0.717, 1.165) is 31.3 Å². The van der Waals surface area contributed by atoms with E-state index in [2.05, 4.69) is 5.10 Å². The number of likely N-dealkylation sites (tertiary alicyclic amines) is 1. The van der Waals surface area contributed by atoms with E-state index in [9.17, 15) is 4.79 Å². The second-order valence-corrected chi connectivity index (χ2v) is 7.94. The van der Waals surface area contributed by atoms with Crippen LogP contribution in [0.3, 0.4) is 0 Å². The van der Waals surface area contributed by atoms with E-state index in [1.807, 2.05) is 48.6 Å². The Labute approximate surface area is 188 Å². The lowest BCUT2D eigenvalue weighted by molar-refractivity contribution is 0.0683. The van der Waals surface area contributed by atoms with Gasteiger partial charge in [-0.15, -0.1) is 24.8 Å². The quantitative estimate of drug-likeness (QED) is 0.634. The van der Waals surface area contributed by atoms with Gasteiger partial charge in [-0.05, 0) is 57.7 Å². The van der Waals surface area contributed by atoms with Gasteiger partial charge in [0.25, 0.3) is 5.91 Å². The number of halogens is 2. The van der Waals surface area contributed by atoms with Gasteiger partial charge in [0.2, 0.25) is 0 Å². The predicted octanol–water partition coefficient (Wildman–Crippen LogP) is 4.32. The molecule has 0 bridgehead atoms. The maximum atomic E-state index is 13.4. The van der Waals surface area contributed by atoms with Crippen LogP contribution in [0.4, 0.5) is 0 Å². The predicted molar refractivity (Wildman–Crippen MR) is 122 cm³/mol. The van der Waals surface area contributed by atoms with Crippen LogP contribution in [0, 0.1) is 5.92 Å². The van der Waals surface area contributed by atoms with E-state index < -0.39 is 0 Å². The average molecular weight is 454 g/mol. The molecule has 0 radical (unpaired) electrons. The number of aromatic nitrogens is 3. The highest BCUT2D eigenvalue weighted by atomic mass is 35.5. The number of nitrogens with two attached hydrogens (primary N) is 1. The number of rotatable bonds is 4. The second-order valence-electron chi connectivity index (χ2n) is 7.94. The molecular weight excluding hydrogens is 425 g/mol. The van der Waals surface area contributed by atoms with Crippen LogP contribution >= 0.6 is 24.8 Å². The van der Waals surface area contributed by atoms with Crippen molar-refractivity contribution < 1.29 is 9.21 Å². The summed E-state index contributed by atoms with van der Waals surface area (Å²) in [6.45, 7) is 7.60. The average Bonchev–Trinajstić information content (AvgIpc) is 3.36. The molecule has 1 fully saturated rings. The Hall–Kier alpha value is -2.09. The summed E-state index contributed by atoms with van der Waals surface area (Å²) in [5, 5.41) is 5.26. The zero-order valence-electron chi connectivity index (χ0n) is 17.4. The molecule has 1 amide bonds. The Morgan fingerprint density at radius 2 is 1.93 bits per heavy atom. The maximum Gasteiger partial charge on any atom is 0.254 e. The van der Waals surface area contributed by atoms with E-state index in [1.165, 1.54) is 0 Å². The van der Waals surface area contributed by atoms with E-state index >= 15 is 0 Å². The summed E-state index contributed by atoms with van der Waals surface area (Å²) in [7, 11) is 0. The van der Waals surface area contributed by atoms with Gasteiger partial charge in [-0.1, -0.05) is 0 Å². The van der Waals surface area contributed by atoms with Crippen LogP contribution in [0.2, 0.25) is 0 Å².